The van der Waals surface area contributed by atoms with E-state index >= 15 is 0 Å². The van der Waals surface area contributed by atoms with Gasteiger partial charge in [0.05, 0.1) is 11.8 Å². The molecule has 0 saturated carbocycles. The first-order chi connectivity index (χ1) is 7.24. The number of hydrogen-bond donors (Lipinski definition) is 0. The molecule has 2 aromatic rings. The van der Waals surface area contributed by atoms with Gasteiger partial charge in [-0.05, 0) is 6.07 Å². The lowest BCUT2D eigenvalue weighted by Gasteiger charge is -1.98. The Labute approximate surface area is 86.7 Å². The molecule has 78 valence electrons. The van der Waals surface area contributed by atoms with Crippen molar-refractivity contribution in [3.8, 4) is 0 Å². The van der Waals surface area contributed by atoms with Gasteiger partial charge >= 0.3 is 0 Å². The van der Waals surface area contributed by atoms with Crippen molar-refractivity contribution in [1.29, 1.82) is 0 Å². The smallest absolute Gasteiger partial charge is 0.233 e. The van der Waals surface area contributed by atoms with Crippen LogP contribution in [0.15, 0.2) is 23.1 Å². The van der Waals surface area contributed by atoms with Crippen molar-refractivity contribution in [3.05, 3.63) is 35.8 Å². The minimum atomic E-state index is -0.152. The Morgan fingerprint density at radius 3 is 3.00 bits per heavy atom. The van der Waals surface area contributed by atoms with Gasteiger partial charge in [0.25, 0.3) is 0 Å². The van der Waals surface area contributed by atoms with Gasteiger partial charge in [0.15, 0.2) is 0 Å². The summed E-state index contributed by atoms with van der Waals surface area (Å²) in [5, 5.41) is 7.44. The normalized spacial score (nSPS) is 10.5. The number of aryl methyl sites for hydroxylation is 2. The maximum atomic E-state index is 12.0. The fraction of sp³-hybridized carbons (Fsp3) is 0.300. The van der Waals surface area contributed by atoms with Crippen LogP contribution in [0.1, 0.15) is 28.9 Å². The number of furan rings is 1. The number of ketones is 1. The highest BCUT2D eigenvalue weighted by molar-refractivity contribution is 6.07. The second kappa shape index (κ2) is 3.68. The molecule has 0 saturated heterocycles. The number of hydrogen-bond acceptors (Lipinski definition) is 4. The number of carbonyl (C=O) groups is 1. The molecule has 2 rings (SSSR count). The lowest BCUT2D eigenvalue weighted by atomic mass is 10.1. The summed E-state index contributed by atoms with van der Waals surface area (Å²) in [5.74, 6) is 0.856. The van der Waals surface area contributed by atoms with Gasteiger partial charge in [-0.25, -0.2) is 0 Å². The van der Waals surface area contributed by atoms with Gasteiger partial charge in [-0.1, -0.05) is 6.92 Å². The lowest BCUT2D eigenvalue weighted by molar-refractivity contribution is 0.102. The van der Waals surface area contributed by atoms with E-state index in [-0.39, 0.29) is 5.78 Å². The van der Waals surface area contributed by atoms with Crippen LogP contribution in [-0.4, -0.2) is 20.5 Å². The molecule has 0 radical (unpaired) electrons. The van der Waals surface area contributed by atoms with Crippen LogP contribution in [0.3, 0.4) is 0 Å². The zero-order valence-electron chi connectivity index (χ0n) is 8.60. The molecular formula is C10H11N3O2. The van der Waals surface area contributed by atoms with Crippen LogP contribution in [0.25, 0.3) is 0 Å². The lowest BCUT2D eigenvalue weighted by Crippen LogP contribution is -2.09. The molecule has 0 aliphatic carbocycles. The molecule has 15 heavy (non-hydrogen) atoms. The third-order valence-corrected chi connectivity index (χ3v) is 2.23. The fourth-order valence-corrected chi connectivity index (χ4v) is 1.43. The molecule has 0 spiro atoms. The van der Waals surface area contributed by atoms with Crippen LogP contribution in [0, 0.1) is 0 Å². The van der Waals surface area contributed by atoms with E-state index in [9.17, 15) is 4.79 Å². The summed E-state index contributed by atoms with van der Waals surface area (Å²) in [5.41, 5.74) is 0.564. The Kier molecular flexibility index (Phi) is 2.37. The highest BCUT2D eigenvalue weighted by atomic mass is 16.3. The van der Waals surface area contributed by atoms with Crippen molar-refractivity contribution >= 4 is 5.78 Å². The monoisotopic (exact) mass is 205 g/mol. The maximum absolute atomic E-state index is 12.0. The predicted octanol–water partition coefficient (Wildman–Crippen LogP) is 1.20. The standard InChI is InChI=1S/C10H11N3O2/c1-3-8-7(4-5-15-8)9(14)10-12-11-6-13(10)2/h4-6H,3H2,1-2H3. The average Bonchev–Trinajstić information content (AvgIpc) is 2.84. The summed E-state index contributed by atoms with van der Waals surface area (Å²) in [6.07, 6.45) is 3.70. The Bertz CT molecular complexity index is 484. The van der Waals surface area contributed by atoms with Gasteiger partial charge in [-0.2, -0.15) is 0 Å². The van der Waals surface area contributed by atoms with Gasteiger partial charge in [0, 0.05) is 13.5 Å². The number of nitrogens with zero attached hydrogens (tertiary/aromatic N) is 3. The van der Waals surface area contributed by atoms with Crippen molar-refractivity contribution in [3.63, 3.8) is 0 Å². The summed E-state index contributed by atoms with van der Waals surface area (Å²) >= 11 is 0. The Balaban J connectivity index is 2.41. The molecule has 0 aliphatic rings. The van der Waals surface area contributed by atoms with Crippen molar-refractivity contribution in [1.82, 2.24) is 14.8 Å². The number of rotatable bonds is 3. The summed E-state index contributed by atoms with van der Waals surface area (Å²) in [6.45, 7) is 1.94. The van der Waals surface area contributed by atoms with Crippen LogP contribution >= 0.6 is 0 Å². The topological polar surface area (TPSA) is 60.9 Å². The van der Waals surface area contributed by atoms with Crippen molar-refractivity contribution in [2.75, 3.05) is 0 Å². The predicted molar refractivity (Wildman–Crippen MR) is 52.5 cm³/mol. The molecule has 0 N–H and O–H groups in total. The molecular weight excluding hydrogens is 194 g/mol. The second-order valence-electron chi connectivity index (χ2n) is 3.21. The van der Waals surface area contributed by atoms with Gasteiger partial charge < -0.3 is 8.98 Å². The van der Waals surface area contributed by atoms with E-state index in [1.165, 1.54) is 12.6 Å². The molecule has 2 aromatic heterocycles. The van der Waals surface area contributed by atoms with Crippen LogP contribution in [-0.2, 0) is 13.5 Å². The van der Waals surface area contributed by atoms with Gasteiger partial charge in [0.2, 0.25) is 11.6 Å². The molecule has 0 aromatic carbocycles. The van der Waals surface area contributed by atoms with E-state index in [1.54, 1.807) is 17.7 Å². The minimum Gasteiger partial charge on any atom is -0.469 e. The average molecular weight is 205 g/mol. The minimum absolute atomic E-state index is 0.152. The Morgan fingerprint density at radius 2 is 2.40 bits per heavy atom. The highest BCUT2D eigenvalue weighted by Gasteiger charge is 2.19. The number of aromatic nitrogens is 3. The SMILES string of the molecule is CCc1occc1C(=O)c1nncn1C. The maximum Gasteiger partial charge on any atom is 0.233 e. The van der Waals surface area contributed by atoms with Crippen LogP contribution in [0.4, 0.5) is 0 Å². The molecule has 2 heterocycles. The molecule has 0 fully saturated rings. The summed E-state index contributed by atoms with van der Waals surface area (Å²) in [4.78, 5) is 12.0. The highest BCUT2D eigenvalue weighted by Crippen LogP contribution is 2.14. The molecule has 5 heteroatoms. The first kappa shape index (κ1) is 9.64. The Morgan fingerprint density at radius 1 is 1.60 bits per heavy atom. The summed E-state index contributed by atoms with van der Waals surface area (Å²) in [6, 6.07) is 1.66. The van der Waals surface area contributed by atoms with E-state index in [4.69, 9.17) is 4.42 Å². The van der Waals surface area contributed by atoms with Crippen molar-refractivity contribution < 1.29 is 9.21 Å². The van der Waals surface area contributed by atoms with E-state index in [0.29, 0.717) is 23.6 Å². The number of carbonyl (C=O) groups excluding carboxylic acids is 1. The molecule has 0 amide bonds. The van der Waals surface area contributed by atoms with E-state index in [0.717, 1.165) is 0 Å². The first-order valence-electron chi connectivity index (χ1n) is 4.69. The molecule has 5 nitrogen and oxygen atoms in total. The molecule has 0 aliphatic heterocycles. The molecule has 0 atom stereocenters. The van der Waals surface area contributed by atoms with Crippen LogP contribution < -0.4 is 0 Å². The third-order valence-electron chi connectivity index (χ3n) is 2.23. The Hall–Kier alpha value is -1.91. The van der Waals surface area contributed by atoms with Crippen LogP contribution in [0.2, 0.25) is 0 Å². The molecule has 0 unspecified atom stereocenters. The summed E-state index contributed by atoms with van der Waals surface area (Å²) < 4.78 is 6.79. The van der Waals surface area contributed by atoms with Crippen LogP contribution in [0.5, 0.6) is 0 Å². The second-order valence-corrected chi connectivity index (χ2v) is 3.21. The zero-order chi connectivity index (χ0) is 10.8. The van der Waals surface area contributed by atoms with Gasteiger partial charge in [-0.3, -0.25) is 4.79 Å². The fourth-order valence-electron chi connectivity index (χ4n) is 1.43. The quantitative estimate of drug-likeness (QED) is 0.706. The largest absolute Gasteiger partial charge is 0.469 e. The van der Waals surface area contributed by atoms with E-state index < -0.39 is 0 Å². The zero-order valence-corrected chi connectivity index (χ0v) is 8.60. The van der Waals surface area contributed by atoms with E-state index in [2.05, 4.69) is 10.2 Å². The van der Waals surface area contributed by atoms with Crippen molar-refractivity contribution in [2.45, 2.75) is 13.3 Å². The summed E-state index contributed by atoms with van der Waals surface area (Å²) in [7, 11) is 1.74. The van der Waals surface area contributed by atoms with Gasteiger partial charge in [0.1, 0.15) is 12.1 Å². The molecule has 0 bridgehead atoms. The third kappa shape index (κ3) is 1.56. The van der Waals surface area contributed by atoms with Gasteiger partial charge in [-0.15, -0.1) is 10.2 Å². The van der Waals surface area contributed by atoms with E-state index in [1.807, 2.05) is 6.92 Å². The van der Waals surface area contributed by atoms with Crippen molar-refractivity contribution in [2.24, 2.45) is 7.05 Å². The first-order valence-corrected chi connectivity index (χ1v) is 4.69.